The Kier molecular flexibility index (Phi) is 3.86. The fourth-order valence-electron chi connectivity index (χ4n) is 2.37. The second kappa shape index (κ2) is 6.12. The maximum absolute atomic E-state index is 12.8. The Bertz CT molecular complexity index is 952. The number of aromatic amines is 1. The molecule has 0 aliphatic carbocycles. The predicted molar refractivity (Wildman–Crippen MR) is 87.1 cm³/mol. The van der Waals surface area contributed by atoms with Crippen molar-refractivity contribution in [3.8, 4) is 17.3 Å². The highest BCUT2D eigenvalue weighted by Gasteiger charge is 2.18. The van der Waals surface area contributed by atoms with Crippen molar-refractivity contribution < 1.29 is 4.79 Å². The number of benzene rings is 2. The molecule has 0 aliphatic heterocycles. The SMILES string of the molecule is N#Cc1cc(C(=O)c2ccccc2)c(-c2ccccc2)[nH]c1=O. The molecule has 2 aromatic carbocycles. The Morgan fingerprint density at radius 3 is 2.17 bits per heavy atom. The van der Waals surface area contributed by atoms with Crippen LogP contribution in [0.15, 0.2) is 71.5 Å². The Morgan fingerprint density at radius 2 is 1.57 bits per heavy atom. The number of nitrogens with one attached hydrogen (secondary N) is 1. The zero-order chi connectivity index (χ0) is 16.2. The van der Waals surface area contributed by atoms with E-state index in [4.69, 9.17) is 5.26 Å². The van der Waals surface area contributed by atoms with Gasteiger partial charge in [0.1, 0.15) is 11.6 Å². The van der Waals surface area contributed by atoms with Gasteiger partial charge in [-0.2, -0.15) is 5.26 Å². The number of H-pyrrole nitrogens is 1. The van der Waals surface area contributed by atoms with Gasteiger partial charge in [0.15, 0.2) is 5.78 Å². The molecule has 3 rings (SSSR count). The van der Waals surface area contributed by atoms with Crippen LogP contribution in [-0.4, -0.2) is 10.8 Å². The molecule has 0 saturated carbocycles. The Balaban J connectivity index is 2.24. The van der Waals surface area contributed by atoms with Gasteiger partial charge >= 0.3 is 0 Å². The number of carbonyl (C=O) groups is 1. The lowest BCUT2D eigenvalue weighted by Crippen LogP contribution is -2.16. The van der Waals surface area contributed by atoms with E-state index in [2.05, 4.69) is 4.98 Å². The molecule has 4 heteroatoms. The van der Waals surface area contributed by atoms with Gasteiger partial charge in [-0.1, -0.05) is 60.7 Å². The molecule has 0 saturated heterocycles. The van der Waals surface area contributed by atoms with Gasteiger partial charge in [0, 0.05) is 11.1 Å². The Labute approximate surface area is 132 Å². The first-order valence-electron chi connectivity index (χ1n) is 7.03. The van der Waals surface area contributed by atoms with Gasteiger partial charge < -0.3 is 4.98 Å². The third-order valence-corrected chi connectivity index (χ3v) is 3.50. The van der Waals surface area contributed by atoms with Crippen LogP contribution in [0.1, 0.15) is 21.5 Å². The number of hydrogen-bond acceptors (Lipinski definition) is 3. The summed E-state index contributed by atoms with van der Waals surface area (Å²) in [5, 5.41) is 9.08. The van der Waals surface area contributed by atoms with Crippen LogP contribution in [0.2, 0.25) is 0 Å². The highest BCUT2D eigenvalue weighted by molar-refractivity contribution is 6.12. The molecule has 0 bridgehead atoms. The van der Waals surface area contributed by atoms with Gasteiger partial charge in [0.2, 0.25) is 0 Å². The molecule has 0 spiro atoms. The highest BCUT2D eigenvalue weighted by Crippen LogP contribution is 2.23. The largest absolute Gasteiger partial charge is 0.320 e. The summed E-state index contributed by atoms with van der Waals surface area (Å²) in [5.74, 6) is -0.239. The maximum atomic E-state index is 12.8. The predicted octanol–water partition coefficient (Wildman–Crippen LogP) is 3.14. The number of hydrogen-bond donors (Lipinski definition) is 1. The lowest BCUT2D eigenvalue weighted by Gasteiger charge is -2.09. The molecular weight excluding hydrogens is 288 g/mol. The van der Waals surface area contributed by atoms with E-state index in [-0.39, 0.29) is 11.3 Å². The van der Waals surface area contributed by atoms with Gasteiger partial charge in [-0.25, -0.2) is 0 Å². The molecule has 0 unspecified atom stereocenters. The zero-order valence-corrected chi connectivity index (χ0v) is 12.1. The van der Waals surface area contributed by atoms with Crippen LogP contribution in [0.5, 0.6) is 0 Å². The summed E-state index contributed by atoms with van der Waals surface area (Å²) in [6.07, 6.45) is 0. The summed E-state index contributed by atoms with van der Waals surface area (Å²) in [7, 11) is 0. The van der Waals surface area contributed by atoms with E-state index < -0.39 is 5.56 Å². The summed E-state index contributed by atoms with van der Waals surface area (Å²) in [6.45, 7) is 0. The third kappa shape index (κ3) is 2.81. The van der Waals surface area contributed by atoms with Crippen molar-refractivity contribution in [3.05, 3.63) is 93.8 Å². The molecule has 23 heavy (non-hydrogen) atoms. The first-order chi connectivity index (χ1) is 11.2. The monoisotopic (exact) mass is 300 g/mol. The zero-order valence-electron chi connectivity index (χ0n) is 12.1. The molecule has 0 amide bonds. The van der Waals surface area contributed by atoms with Gasteiger partial charge in [-0.05, 0) is 11.6 Å². The van der Waals surface area contributed by atoms with E-state index >= 15 is 0 Å². The second-order valence-electron chi connectivity index (χ2n) is 4.97. The fourth-order valence-corrected chi connectivity index (χ4v) is 2.37. The van der Waals surface area contributed by atoms with Crippen molar-refractivity contribution in [2.45, 2.75) is 0 Å². The van der Waals surface area contributed by atoms with Crippen LogP contribution >= 0.6 is 0 Å². The number of nitrogens with zero attached hydrogens (tertiary/aromatic N) is 1. The number of rotatable bonds is 3. The van der Waals surface area contributed by atoms with E-state index in [1.807, 2.05) is 30.3 Å². The van der Waals surface area contributed by atoms with Gasteiger partial charge in [-0.3, -0.25) is 9.59 Å². The quantitative estimate of drug-likeness (QED) is 0.755. The normalized spacial score (nSPS) is 10.0. The van der Waals surface area contributed by atoms with E-state index in [0.717, 1.165) is 0 Å². The molecule has 1 N–H and O–H groups in total. The van der Waals surface area contributed by atoms with Gasteiger partial charge in [-0.15, -0.1) is 0 Å². The molecule has 0 fully saturated rings. The number of ketones is 1. The lowest BCUT2D eigenvalue weighted by molar-refractivity contribution is 0.103. The van der Waals surface area contributed by atoms with Crippen molar-refractivity contribution >= 4 is 5.78 Å². The Morgan fingerprint density at radius 1 is 0.957 bits per heavy atom. The molecule has 1 heterocycles. The second-order valence-corrected chi connectivity index (χ2v) is 4.97. The smallest absolute Gasteiger partial charge is 0.266 e. The summed E-state index contributed by atoms with van der Waals surface area (Å²) >= 11 is 0. The number of nitriles is 1. The molecule has 0 radical (unpaired) electrons. The van der Waals surface area contributed by atoms with E-state index in [9.17, 15) is 9.59 Å². The molecule has 0 aliphatic rings. The van der Waals surface area contributed by atoms with E-state index in [0.29, 0.717) is 22.4 Å². The third-order valence-electron chi connectivity index (χ3n) is 3.50. The van der Waals surface area contributed by atoms with E-state index in [1.165, 1.54) is 6.07 Å². The van der Waals surface area contributed by atoms with Crippen molar-refractivity contribution in [1.82, 2.24) is 4.98 Å². The molecule has 0 atom stereocenters. The minimum absolute atomic E-state index is 0.0797. The van der Waals surface area contributed by atoms with Crippen molar-refractivity contribution in [2.24, 2.45) is 0 Å². The minimum Gasteiger partial charge on any atom is -0.320 e. The van der Waals surface area contributed by atoms with Crippen LogP contribution < -0.4 is 5.56 Å². The van der Waals surface area contributed by atoms with Crippen LogP contribution in [0.4, 0.5) is 0 Å². The first-order valence-corrected chi connectivity index (χ1v) is 7.03. The molecule has 110 valence electrons. The molecule has 4 nitrogen and oxygen atoms in total. The Hall–Kier alpha value is -3.45. The maximum Gasteiger partial charge on any atom is 0.266 e. The summed E-state index contributed by atoms with van der Waals surface area (Å²) in [5.41, 5.74) is 1.36. The van der Waals surface area contributed by atoms with Crippen molar-refractivity contribution in [3.63, 3.8) is 0 Å². The average Bonchev–Trinajstić information content (AvgIpc) is 2.62. The molecular formula is C19H12N2O2. The van der Waals surface area contributed by atoms with Gasteiger partial charge in [0.25, 0.3) is 5.56 Å². The minimum atomic E-state index is -0.504. The van der Waals surface area contributed by atoms with Crippen LogP contribution in [0.25, 0.3) is 11.3 Å². The van der Waals surface area contributed by atoms with Crippen molar-refractivity contribution in [1.29, 1.82) is 5.26 Å². The first kappa shape index (κ1) is 14.5. The summed E-state index contributed by atoms with van der Waals surface area (Å²) < 4.78 is 0. The standard InChI is InChI=1S/C19H12N2O2/c20-12-15-11-16(18(22)14-9-5-2-6-10-14)17(21-19(15)23)13-7-3-1-4-8-13/h1-11H,(H,21,23). The summed E-state index contributed by atoms with van der Waals surface area (Å²) in [4.78, 5) is 27.4. The summed E-state index contributed by atoms with van der Waals surface area (Å²) in [6, 6.07) is 21.1. The lowest BCUT2D eigenvalue weighted by atomic mass is 9.97. The highest BCUT2D eigenvalue weighted by atomic mass is 16.1. The van der Waals surface area contributed by atoms with Crippen molar-refractivity contribution in [2.75, 3.05) is 0 Å². The fraction of sp³-hybridized carbons (Fsp3) is 0. The van der Waals surface area contributed by atoms with Crippen LogP contribution in [0, 0.1) is 11.3 Å². The van der Waals surface area contributed by atoms with Crippen LogP contribution in [-0.2, 0) is 0 Å². The average molecular weight is 300 g/mol. The molecule has 3 aromatic rings. The molecule has 1 aromatic heterocycles. The topological polar surface area (TPSA) is 73.7 Å². The number of carbonyl (C=O) groups excluding carboxylic acids is 1. The van der Waals surface area contributed by atoms with Crippen LogP contribution in [0.3, 0.4) is 0 Å². The van der Waals surface area contributed by atoms with E-state index in [1.54, 1.807) is 36.4 Å². The number of aromatic nitrogens is 1. The van der Waals surface area contributed by atoms with Gasteiger partial charge in [0.05, 0.1) is 5.69 Å². The number of pyridine rings is 1.